The molecule has 0 aliphatic heterocycles. The maximum atomic E-state index is 4.98. The van der Waals surface area contributed by atoms with Gasteiger partial charge in [0.15, 0.2) is 5.11 Å². The second-order valence-corrected chi connectivity index (χ2v) is 4.63. The molecule has 0 heterocycles. The molecule has 2 N–H and O–H groups in total. The largest absolute Gasteiger partial charge is 0.358 e. The summed E-state index contributed by atoms with van der Waals surface area (Å²) in [4.78, 5) is 0. The summed E-state index contributed by atoms with van der Waals surface area (Å²) in [5.74, 6) is 0. The van der Waals surface area contributed by atoms with Crippen LogP contribution in [0.3, 0.4) is 0 Å². The number of halogens is 1. The van der Waals surface area contributed by atoms with Crippen LogP contribution in [0.2, 0.25) is 0 Å². The standard InChI is InChI=1S/C13H14BrN3S/c1-2-8-15-13(18)17-16-10-12(14)9-11-6-4-3-5-7-11/h2-7,9-10H,1,8H2,(H2,15,17,18)/b12-9-,16-10-. The number of benzene rings is 1. The number of hydrazone groups is 1. The van der Waals surface area contributed by atoms with E-state index in [1.807, 2.05) is 36.4 Å². The van der Waals surface area contributed by atoms with E-state index >= 15 is 0 Å². The topological polar surface area (TPSA) is 36.4 Å². The van der Waals surface area contributed by atoms with Crippen LogP contribution in [0.25, 0.3) is 6.08 Å². The molecule has 3 nitrogen and oxygen atoms in total. The lowest BCUT2D eigenvalue weighted by molar-refractivity contribution is 0.942. The highest BCUT2D eigenvalue weighted by Crippen LogP contribution is 2.09. The van der Waals surface area contributed by atoms with Crippen molar-refractivity contribution in [1.82, 2.24) is 10.7 Å². The molecule has 0 atom stereocenters. The molecule has 0 aliphatic rings. The Morgan fingerprint density at radius 3 is 2.78 bits per heavy atom. The average Bonchev–Trinajstić information content (AvgIpc) is 2.37. The van der Waals surface area contributed by atoms with Crippen molar-refractivity contribution in [2.75, 3.05) is 6.54 Å². The molecule has 0 saturated heterocycles. The van der Waals surface area contributed by atoms with Crippen molar-refractivity contribution in [1.29, 1.82) is 0 Å². The lowest BCUT2D eigenvalue weighted by Gasteiger charge is -2.02. The maximum Gasteiger partial charge on any atom is 0.187 e. The zero-order chi connectivity index (χ0) is 13.2. The summed E-state index contributed by atoms with van der Waals surface area (Å²) in [6, 6.07) is 9.97. The molecule has 0 spiro atoms. The molecule has 0 saturated carbocycles. The van der Waals surface area contributed by atoms with Crippen LogP contribution in [0.15, 0.2) is 52.6 Å². The smallest absolute Gasteiger partial charge is 0.187 e. The van der Waals surface area contributed by atoms with Gasteiger partial charge in [-0.25, -0.2) is 0 Å². The first kappa shape index (κ1) is 14.6. The first-order chi connectivity index (χ1) is 8.72. The van der Waals surface area contributed by atoms with E-state index < -0.39 is 0 Å². The zero-order valence-electron chi connectivity index (χ0n) is 9.77. The van der Waals surface area contributed by atoms with Gasteiger partial charge in [-0.2, -0.15) is 5.10 Å². The summed E-state index contributed by atoms with van der Waals surface area (Å²) in [7, 11) is 0. The van der Waals surface area contributed by atoms with Gasteiger partial charge in [-0.3, -0.25) is 5.43 Å². The van der Waals surface area contributed by atoms with Gasteiger partial charge in [0, 0.05) is 11.0 Å². The van der Waals surface area contributed by atoms with E-state index in [9.17, 15) is 0 Å². The van der Waals surface area contributed by atoms with E-state index in [1.54, 1.807) is 12.3 Å². The minimum Gasteiger partial charge on any atom is -0.358 e. The molecule has 0 bridgehead atoms. The third-order valence-electron chi connectivity index (χ3n) is 1.87. The molecule has 0 radical (unpaired) electrons. The molecular formula is C13H14BrN3S. The second-order valence-electron chi connectivity index (χ2n) is 3.31. The fraction of sp³-hybridized carbons (Fsp3) is 0.0769. The fourth-order valence-corrected chi connectivity index (χ4v) is 1.61. The Hall–Kier alpha value is -1.46. The maximum absolute atomic E-state index is 4.98. The van der Waals surface area contributed by atoms with E-state index in [0.29, 0.717) is 11.7 Å². The van der Waals surface area contributed by atoms with Gasteiger partial charge in [0.1, 0.15) is 0 Å². The van der Waals surface area contributed by atoms with Crippen LogP contribution in [-0.2, 0) is 0 Å². The Morgan fingerprint density at radius 1 is 1.39 bits per heavy atom. The summed E-state index contributed by atoms with van der Waals surface area (Å²) in [5, 5.41) is 7.37. The van der Waals surface area contributed by atoms with E-state index in [1.165, 1.54) is 0 Å². The van der Waals surface area contributed by atoms with Gasteiger partial charge in [0.2, 0.25) is 0 Å². The average molecular weight is 324 g/mol. The number of allylic oxidation sites excluding steroid dienone is 1. The SMILES string of the molecule is C=CCNC(=S)N/N=C\C(Br)=C\c1ccccc1. The van der Waals surface area contributed by atoms with Gasteiger partial charge >= 0.3 is 0 Å². The summed E-state index contributed by atoms with van der Waals surface area (Å²) in [6.45, 7) is 4.20. The number of thiocarbonyl (C=S) groups is 1. The number of nitrogens with one attached hydrogen (secondary N) is 2. The zero-order valence-corrected chi connectivity index (χ0v) is 12.2. The molecule has 0 amide bonds. The normalized spacial score (nSPS) is 11.3. The van der Waals surface area contributed by atoms with Crippen LogP contribution >= 0.6 is 28.1 Å². The van der Waals surface area contributed by atoms with E-state index in [0.717, 1.165) is 10.0 Å². The van der Waals surface area contributed by atoms with Crippen molar-refractivity contribution < 1.29 is 0 Å². The number of nitrogens with zero attached hydrogens (tertiary/aromatic N) is 1. The van der Waals surface area contributed by atoms with Gasteiger partial charge in [-0.15, -0.1) is 6.58 Å². The summed E-state index contributed by atoms with van der Waals surface area (Å²) in [6.07, 6.45) is 5.34. The first-order valence-electron chi connectivity index (χ1n) is 5.32. The van der Waals surface area contributed by atoms with Crippen LogP contribution in [0, 0.1) is 0 Å². The van der Waals surface area contributed by atoms with Gasteiger partial charge in [-0.1, -0.05) is 36.4 Å². The Bertz CT molecular complexity index is 455. The van der Waals surface area contributed by atoms with E-state index in [2.05, 4.69) is 38.4 Å². The second kappa shape index (κ2) is 8.60. The predicted octanol–water partition coefficient (Wildman–Crippen LogP) is 3.06. The van der Waals surface area contributed by atoms with Crippen LogP contribution < -0.4 is 10.7 Å². The number of rotatable bonds is 5. The fourth-order valence-electron chi connectivity index (χ4n) is 1.10. The molecule has 0 fully saturated rings. The van der Waals surface area contributed by atoms with E-state index in [-0.39, 0.29) is 0 Å². The van der Waals surface area contributed by atoms with Crippen molar-refractivity contribution in [3.63, 3.8) is 0 Å². The van der Waals surface area contributed by atoms with Crippen LogP contribution in [0.4, 0.5) is 0 Å². The monoisotopic (exact) mass is 323 g/mol. The van der Waals surface area contributed by atoms with E-state index in [4.69, 9.17) is 12.2 Å². The van der Waals surface area contributed by atoms with Crippen molar-refractivity contribution in [3.8, 4) is 0 Å². The lowest BCUT2D eigenvalue weighted by atomic mass is 10.2. The molecule has 1 aromatic carbocycles. The Balaban J connectivity index is 2.44. The molecule has 0 unspecified atom stereocenters. The van der Waals surface area contributed by atoms with Crippen molar-refractivity contribution in [2.24, 2.45) is 5.10 Å². The number of hydrogen-bond acceptors (Lipinski definition) is 2. The minimum absolute atomic E-state index is 0.464. The van der Waals surface area contributed by atoms with Gasteiger partial charge in [-0.05, 0) is 39.8 Å². The highest BCUT2D eigenvalue weighted by atomic mass is 79.9. The summed E-state index contributed by atoms with van der Waals surface area (Å²) >= 11 is 8.39. The Labute approximate surface area is 121 Å². The highest BCUT2D eigenvalue weighted by molar-refractivity contribution is 9.12. The van der Waals surface area contributed by atoms with Gasteiger partial charge in [0.05, 0.1) is 6.21 Å². The third-order valence-corrected chi connectivity index (χ3v) is 2.53. The Kier molecular flexibility index (Phi) is 6.98. The minimum atomic E-state index is 0.464. The molecule has 0 aliphatic carbocycles. The van der Waals surface area contributed by atoms with Crippen LogP contribution in [0.1, 0.15) is 5.56 Å². The summed E-state index contributed by atoms with van der Waals surface area (Å²) in [5.41, 5.74) is 3.81. The van der Waals surface area contributed by atoms with Crippen LogP contribution in [0.5, 0.6) is 0 Å². The Morgan fingerprint density at radius 2 is 2.11 bits per heavy atom. The van der Waals surface area contributed by atoms with Crippen LogP contribution in [-0.4, -0.2) is 17.9 Å². The van der Waals surface area contributed by atoms with Gasteiger partial charge in [0.25, 0.3) is 0 Å². The van der Waals surface area contributed by atoms with Crippen molar-refractivity contribution in [2.45, 2.75) is 0 Å². The molecular weight excluding hydrogens is 310 g/mol. The molecule has 0 aromatic heterocycles. The molecule has 94 valence electrons. The summed E-state index contributed by atoms with van der Waals surface area (Å²) < 4.78 is 0.854. The highest BCUT2D eigenvalue weighted by Gasteiger charge is 1.90. The lowest BCUT2D eigenvalue weighted by Crippen LogP contribution is -2.31. The molecule has 5 heteroatoms. The third kappa shape index (κ3) is 6.32. The number of hydrogen-bond donors (Lipinski definition) is 2. The first-order valence-corrected chi connectivity index (χ1v) is 6.52. The van der Waals surface area contributed by atoms with Gasteiger partial charge < -0.3 is 5.32 Å². The van der Waals surface area contributed by atoms with Crippen molar-refractivity contribution in [3.05, 3.63) is 53.0 Å². The molecule has 1 aromatic rings. The molecule has 1 rings (SSSR count). The van der Waals surface area contributed by atoms with Crippen molar-refractivity contribution >= 4 is 45.6 Å². The predicted molar refractivity (Wildman–Crippen MR) is 85.8 cm³/mol. The quantitative estimate of drug-likeness (QED) is 0.378. The molecule has 18 heavy (non-hydrogen) atoms.